The van der Waals surface area contributed by atoms with Crippen molar-refractivity contribution < 1.29 is 9.21 Å². The number of hydrogen-bond acceptors (Lipinski definition) is 3. The van der Waals surface area contributed by atoms with Gasteiger partial charge in [-0.15, -0.1) is 0 Å². The summed E-state index contributed by atoms with van der Waals surface area (Å²) in [7, 11) is 0. The fourth-order valence-corrected chi connectivity index (χ4v) is 2.72. The Morgan fingerprint density at radius 1 is 1.12 bits per heavy atom. The number of anilines is 1. The van der Waals surface area contributed by atoms with Gasteiger partial charge in [-0.05, 0) is 42.2 Å². The molecule has 4 heteroatoms. The first-order chi connectivity index (χ1) is 11.6. The van der Waals surface area contributed by atoms with E-state index in [2.05, 4.69) is 29.4 Å². The number of aryl methyl sites for hydroxylation is 2. The lowest BCUT2D eigenvalue weighted by atomic mass is 10.0. The summed E-state index contributed by atoms with van der Waals surface area (Å²) in [5.41, 5.74) is 4.57. The Morgan fingerprint density at radius 2 is 1.88 bits per heavy atom. The van der Waals surface area contributed by atoms with Crippen LogP contribution < -0.4 is 5.32 Å². The van der Waals surface area contributed by atoms with Crippen LogP contribution in [0.5, 0.6) is 0 Å². The number of amides is 1. The Labute approximate surface area is 141 Å². The molecule has 1 amide bonds. The minimum atomic E-state index is -0.0316. The van der Waals surface area contributed by atoms with Gasteiger partial charge in [-0.1, -0.05) is 37.6 Å². The SMILES string of the molecule is CCCCc1ccc(CC(=O)Nc2ccc3oc(C)nc3c2)cc1. The van der Waals surface area contributed by atoms with E-state index in [1.807, 2.05) is 37.3 Å². The van der Waals surface area contributed by atoms with Crippen LogP contribution in [0, 0.1) is 6.92 Å². The summed E-state index contributed by atoms with van der Waals surface area (Å²) >= 11 is 0. The van der Waals surface area contributed by atoms with Crippen LogP contribution in [0.25, 0.3) is 11.1 Å². The number of benzene rings is 2. The standard InChI is InChI=1S/C20H22N2O2/c1-3-4-5-15-6-8-16(9-7-15)12-20(23)22-17-10-11-19-18(13-17)21-14(2)24-19/h6-11,13H,3-5,12H2,1-2H3,(H,22,23). The van der Waals surface area contributed by atoms with Crippen molar-refractivity contribution in [2.45, 2.75) is 39.5 Å². The highest BCUT2D eigenvalue weighted by atomic mass is 16.3. The molecule has 3 aromatic rings. The third-order valence-corrected chi connectivity index (χ3v) is 3.98. The molecule has 3 rings (SSSR count). The van der Waals surface area contributed by atoms with E-state index in [0.717, 1.165) is 28.8 Å². The number of aromatic nitrogens is 1. The number of hydrogen-bond donors (Lipinski definition) is 1. The summed E-state index contributed by atoms with van der Waals surface area (Å²) in [6, 6.07) is 13.8. The zero-order chi connectivity index (χ0) is 16.9. The van der Waals surface area contributed by atoms with Gasteiger partial charge in [0.1, 0.15) is 5.52 Å². The van der Waals surface area contributed by atoms with Crippen molar-refractivity contribution in [3.05, 3.63) is 59.5 Å². The molecule has 4 nitrogen and oxygen atoms in total. The first-order valence-corrected chi connectivity index (χ1v) is 8.39. The summed E-state index contributed by atoms with van der Waals surface area (Å²) in [6.07, 6.45) is 3.85. The number of oxazole rings is 1. The van der Waals surface area contributed by atoms with Gasteiger partial charge in [0.15, 0.2) is 11.5 Å². The van der Waals surface area contributed by atoms with Crippen LogP contribution >= 0.6 is 0 Å². The largest absolute Gasteiger partial charge is 0.441 e. The lowest BCUT2D eigenvalue weighted by Gasteiger charge is -2.06. The van der Waals surface area contributed by atoms with Crippen molar-refractivity contribution in [2.24, 2.45) is 0 Å². The quantitative estimate of drug-likeness (QED) is 0.718. The Morgan fingerprint density at radius 3 is 2.62 bits per heavy atom. The third kappa shape index (κ3) is 4.02. The summed E-state index contributed by atoms with van der Waals surface area (Å²) in [5, 5.41) is 2.92. The number of carbonyl (C=O) groups is 1. The van der Waals surface area contributed by atoms with E-state index in [0.29, 0.717) is 12.3 Å². The molecule has 0 saturated carbocycles. The molecule has 24 heavy (non-hydrogen) atoms. The summed E-state index contributed by atoms with van der Waals surface area (Å²) in [5.74, 6) is 0.590. The predicted octanol–water partition coefficient (Wildman–Crippen LogP) is 4.66. The van der Waals surface area contributed by atoms with E-state index in [4.69, 9.17) is 4.42 Å². The second-order valence-corrected chi connectivity index (χ2v) is 6.06. The van der Waals surface area contributed by atoms with E-state index in [-0.39, 0.29) is 5.91 Å². The van der Waals surface area contributed by atoms with Gasteiger partial charge in [0.05, 0.1) is 6.42 Å². The highest BCUT2D eigenvalue weighted by Gasteiger charge is 2.07. The molecule has 0 unspecified atom stereocenters. The monoisotopic (exact) mass is 322 g/mol. The van der Waals surface area contributed by atoms with Gasteiger partial charge in [-0.3, -0.25) is 4.79 Å². The molecule has 2 aromatic carbocycles. The van der Waals surface area contributed by atoms with Gasteiger partial charge in [0, 0.05) is 12.6 Å². The molecule has 0 spiro atoms. The number of nitrogens with zero attached hydrogens (tertiary/aromatic N) is 1. The van der Waals surface area contributed by atoms with Crippen molar-refractivity contribution in [3.63, 3.8) is 0 Å². The third-order valence-electron chi connectivity index (χ3n) is 3.98. The van der Waals surface area contributed by atoms with E-state index in [1.165, 1.54) is 18.4 Å². The number of nitrogens with one attached hydrogen (secondary N) is 1. The molecule has 0 aliphatic rings. The average molecular weight is 322 g/mol. The fraction of sp³-hybridized carbons (Fsp3) is 0.300. The normalized spacial score (nSPS) is 10.9. The minimum Gasteiger partial charge on any atom is -0.441 e. The predicted molar refractivity (Wildman–Crippen MR) is 96.1 cm³/mol. The van der Waals surface area contributed by atoms with Crippen molar-refractivity contribution in [1.82, 2.24) is 4.98 Å². The molecule has 0 saturated heterocycles. The molecule has 0 atom stereocenters. The molecular weight excluding hydrogens is 300 g/mol. The summed E-state index contributed by atoms with van der Waals surface area (Å²) in [6.45, 7) is 4.00. The maximum atomic E-state index is 12.2. The molecule has 1 heterocycles. The molecule has 0 fully saturated rings. The molecule has 0 aliphatic carbocycles. The Bertz CT molecular complexity index is 834. The van der Waals surface area contributed by atoms with Crippen LogP contribution in [0.2, 0.25) is 0 Å². The van der Waals surface area contributed by atoms with Crippen LogP contribution in [0.15, 0.2) is 46.9 Å². The van der Waals surface area contributed by atoms with E-state index in [9.17, 15) is 4.79 Å². The van der Waals surface area contributed by atoms with Crippen LogP contribution in [-0.4, -0.2) is 10.9 Å². The van der Waals surface area contributed by atoms with Gasteiger partial charge in [-0.2, -0.15) is 0 Å². The Hall–Kier alpha value is -2.62. The van der Waals surface area contributed by atoms with E-state index in [1.54, 1.807) is 0 Å². The zero-order valence-corrected chi connectivity index (χ0v) is 14.1. The number of rotatable bonds is 6. The molecule has 0 radical (unpaired) electrons. The molecule has 0 bridgehead atoms. The molecule has 1 N–H and O–H groups in total. The topological polar surface area (TPSA) is 55.1 Å². The maximum Gasteiger partial charge on any atom is 0.228 e. The minimum absolute atomic E-state index is 0.0316. The Kier molecular flexibility index (Phi) is 4.94. The van der Waals surface area contributed by atoms with Crippen LogP contribution in [0.1, 0.15) is 36.8 Å². The lowest BCUT2D eigenvalue weighted by molar-refractivity contribution is -0.115. The fourth-order valence-electron chi connectivity index (χ4n) is 2.72. The van der Waals surface area contributed by atoms with Gasteiger partial charge < -0.3 is 9.73 Å². The van der Waals surface area contributed by atoms with Crippen molar-refractivity contribution >= 4 is 22.7 Å². The zero-order valence-electron chi connectivity index (χ0n) is 14.1. The van der Waals surface area contributed by atoms with Gasteiger partial charge >= 0.3 is 0 Å². The van der Waals surface area contributed by atoms with Gasteiger partial charge in [-0.25, -0.2) is 4.98 Å². The number of fused-ring (bicyclic) bond motifs is 1. The van der Waals surface area contributed by atoms with Crippen molar-refractivity contribution in [1.29, 1.82) is 0 Å². The Balaban J connectivity index is 1.61. The van der Waals surface area contributed by atoms with Crippen molar-refractivity contribution in [2.75, 3.05) is 5.32 Å². The van der Waals surface area contributed by atoms with Gasteiger partial charge in [0.25, 0.3) is 0 Å². The number of carbonyl (C=O) groups excluding carboxylic acids is 1. The van der Waals surface area contributed by atoms with Gasteiger partial charge in [0.2, 0.25) is 5.91 Å². The summed E-state index contributed by atoms with van der Waals surface area (Å²) in [4.78, 5) is 16.5. The van der Waals surface area contributed by atoms with Crippen LogP contribution in [-0.2, 0) is 17.6 Å². The van der Waals surface area contributed by atoms with E-state index >= 15 is 0 Å². The van der Waals surface area contributed by atoms with Crippen LogP contribution in [0.4, 0.5) is 5.69 Å². The second-order valence-electron chi connectivity index (χ2n) is 6.06. The molecule has 124 valence electrons. The molecular formula is C20H22N2O2. The second kappa shape index (κ2) is 7.30. The smallest absolute Gasteiger partial charge is 0.228 e. The number of unbranched alkanes of at least 4 members (excludes halogenated alkanes) is 1. The lowest BCUT2D eigenvalue weighted by Crippen LogP contribution is -2.14. The average Bonchev–Trinajstić information content (AvgIpc) is 2.93. The van der Waals surface area contributed by atoms with E-state index < -0.39 is 0 Å². The van der Waals surface area contributed by atoms with Crippen molar-refractivity contribution in [3.8, 4) is 0 Å². The molecule has 0 aliphatic heterocycles. The first kappa shape index (κ1) is 16.2. The highest BCUT2D eigenvalue weighted by molar-refractivity contribution is 5.94. The highest BCUT2D eigenvalue weighted by Crippen LogP contribution is 2.20. The first-order valence-electron chi connectivity index (χ1n) is 8.39. The van der Waals surface area contributed by atoms with Crippen LogP contribution in [0.3, 0.4) is 0 Å². The maximum absolute atomic E-state index is 12.2. The summed E-state index contributed by atoms with van der Waals surface area (Å²) < 4.78 is 5.44. The molecule has 1 aromatic heterocycles.